The van der Waals surface area contributed by atoms with E-state index in [0.717, 1.165) is 30.5 Å². The maximum atomic E-state index is 12.4. The van der Waals surface area contributed by atoms with E-state index < -0.39 is 6.10 Å². The smallest absolute Gasteiger partial charge is 0.347 e. The molecular weight excluding hydrogens is 342 g/mol. The standard InChI is InChI=1S/C22H27NO4/c1-4-5-8-15-26-22(25)17(3)27-19-13-11-18(12-14-19)21(24)23-20-10-7-6-9-16(20)2/h6-7,9-14,17H,4-5,8,15H2,1-3H3,(H,23,24). The van der Waals surface area contributed by atoms with Crippen molar-refractivity contribution in [2.75, 3.05) is 11.9 Å². The van der Waals surface area contributed by atoms with Gasteiger partial charge in [0.15, 0.2) is 6.10 Å². The molecule has 0 saturated heterocycles. The fourth-order valence-corrected chi connectivity index (χ4v) is 2.49. The van der Waals surface area contributed by atoms with Crippen molar-refractivity contribution in [3.63, 3.8) is 0 Å². The summed E-state index contributed by atoms with van der Waals surface area (Å²) in [7, 11) is 0. The molecule has 0 heterocycles. The van der Waals surface area contributed by atoms with Crippen LogP contribution in [0.3, 0.4) is 0 Å². The van der Waals surface area contributed by atoms with Gasteiger partial charge in [0.2, 0.25) is 0 Å². The highest BCUT2D eigenvalue weighted by molar-refractivity contribution is 6.04. The van der Waals surface area contributed by atoms with E-state index in [9.17, 15) is 9.59 Å². The van der Waals surface area contributed by atoms with Crippen molar-refractivity contribution >= 4 is 17.6 Å². The van der Waals surface area contributed by atoms with Crippen molar-refractivity contribution in [1.82, 2.24) is 0 Å². The Hall–Kier alpha value is -2.82. The van der Waals surface area contributed by atoms with Crippen LogP contribution < -0.4 is 10.1 Å². The molecule has 5 nitrogen and oxygen atoms in total. The summed E-state index contributed by atoms with van der Waals surface area (Å²) in [6, 6.07) is 14.3. The fourth-order valence-electron chi connectivity index (χ4n) is 2.49. The van der Waals surface area contributed by atoms with E-state index in [1.807, 2.05) is 31.2 Å². The minimum absolute atomic E-state index is 0.195. The molecule has 0 bridgehead atoms. The summed E-state index contributed by atoms with van der Waals surface area (Å²) in [5, 5.41) is 2.88. The number of hydrogen-bond acceptors (Lipinski definition) is 4. The molecule has 2 aromatic carbocycles. The van der Waals surface area contributed by atoms with E-state index >= 15 is 0 Å². The maximum Gasteiger partial charge on any atom is 0.347 e. The molecule has 0 spiro atoms. The number of rotatable bonds is 9. The number of unbranched alkanes of at least 4 members (excludes halogenated alkanes) is 2. The molecule has 1 N–H and O–H groups in total. The second-order valence-electron chi connectivity index (χ2n) is 6.43. The van der Waals surface area contributed by atoms with Gasteiger partial charge in [-0.25, -0.2) is 4.79 Å². The van der Waals surface area contributed by atoms with E-state index in [1.165, 1.54) is 0 Å². The van der Waals surface area contributed by atoms with Gasteiger partial charge in [-0.15, -0.1) is 0 Å². The Morgan fingerprint density at radius 2 is 1.74 bits per heavy atom. The molecule has 5 heteroatoms. The van der Waals surface area contributed by atoms with Gasteiger partial charge in [0.25, 0.3) is 5.91 Å². The maximum absolute atomic E-state index is 12.4. The highest BCUT2D eigenvalue weighted by atomic mass is 16.6. The summed E-state index contributed by atoms with van der Waals surface area (Å²) >= 11 is 0. The van der Waals surface area contributed by atoms with E-state index in [-0.39, 0.29) is 11.9 Å². The van der Waals surface area contributed by atoms with Crippen LogP contribution in [-0.2, 0) is 9.53 Å². The molecule has 2 aromatic rings. The summed E-state index contributed by atoms with van der Waals surface area (Å²) < 4.78 is 10.8. The Morgan fingerprint density at radius 3 is 2.41 bits per heavy atom. The van der Waals surface area contributed by atoms with Gasteiger partial charge in [-0.1, -0.05) is 38.0 Å². The quantitative estimate of drug-likeness (QED) is 0.512. The highest BCUT2D eigenvalue weighted by Crippen LogP contribution is 2.18. The number of benzene rings is 2. The number of aryl methyl sites for hydroxylation is 1. The first-order valence-electron chi connectivity index (χ1n) is 9.31. The minimum Gasteiger partial charge on any atom is -0.479 e. The molecule has 1 atom stereocenters. The van der Waals surface area contributed by atoms with E-state index in [4.69, 9.17) is 9.47 Å². The number of ether oxygens (including phenoxy) is 2. The predicted octanol–water partition coefficient (Wildman–Crippen LogP) is 4.75. The van der Waals surface area contributed by atoms with Crippen LogP contribution in [0, 0.1) is 6.92 Å². The zero-order valence-electron chi connectivity index (χ0n) is 16.2. The first-order valence-corrected chi connectivity index (χ1v) is 9.31. The Kier molecular flexibility index (Phi) is 7.86. The van der Waals surface area contributed by atoms with E-state index in [0.29, 0.717) is 17.9 Å². The fraction of sp³-hybridized carbons (Fsp3) is 0.364. The second-order valence-corrected chi connectivity index (χ2v) is 6.43. The SMILES string of the molecule is CCCCCOC(=O)C(C)Oc1ccc(C(=O)Nc2ccccc2C)cc1. The van der Waals surface area contributed by atoms with Gasteiger partial charge >= 0.3 is 5.97 Å². The Balaban J connectivity index is 1.88. The predicted molar refractivity (Wildman–Crippen MR) is 106 cm³/mol. The lowest BCUT2D eigenvalue weighted by Gasteiger charge is -2.14. The van der Waals surface area contributed by atoms with Crippen LogP contribution in [0.2, 0.25) is 0 Å². The lowest BCUT2D eigenvalue weighted by atomic mass is 10.1. The summed E-state index contributed by atoms with van der Waals surface area (Å²) in [5.41, 5.74) is 2.29. The van der Waals surface area contributed by atoms with Crippen LogP contribution in [-0.4, -0.2) is 24.6 Å². The number of amides is 1. The number of esters is 1. The van der Waals surface area contributed by atoms with Gasteiger partial charge in [0.1, 0.15) is 5.75 Å². The summed E-state index contributed by atoms with van der Waals surface area (Å²) in [5.74, 6) is -0.0628. The third-order valence-electron chi connectivity index (χ3n) is 4.15. The molecule has 0 aliphatic rings. The van der Waals surface area contributed by atoms with Crippen LogP contribution in [0.5, 0.6) is 5.75 Å². The van der Waals surface area contributed by atoms with Gasteiger partial charge in [0.05, 0.1) is 6.61 Å². The summed E-state index contributed by atoms with van der Waals surface area (Å²) in [4.78, 5) is 24.3. The van der Waals surface area contributed by atoms with Crippen molar-refractivity contribution in [2.24, 2.45) is 0 Å². The number of nitrogens with one attached hydrogen (secondary N) is 1. The summed E-state index contributed by atoms with van der Waals surface area (Å²) in [6.07, 6.45) is 2.28. The van der Waals surface area contributed by atoms with Crippen molar-refractivity contribution in [3.05, 3.63) is 59.7 Å². The lowest BCUT2D eigenvalue weighted by molar-refractivity contribution is -0.151. The van der Waals surface area contributed by atoms with Crippen LogP contribution in [0.25, 0.3) is 0 Å². The Labute approximate surface area is 160 Å². The monoisotopic (exact) mass is 369 g/mol. The van der Waals surface area contributed by atoms with Gasteiger partial charge in [-0.05, 0) is 56.2 Å². The number of para-hydroxylation sites is 1. The molecule has 0 radical (unpaired) electrons. The van der Waals surface area contributed by atoms with Gasteiger partial charge < -0.3 is 14.8 Å². The third-order valence-corrected chi connectivity index (χ3v) is 4.15. The summed E-state index contributed by atoms with van der Waals surface area (Å²) in [6.45, 7) is 6.10. The molecule has 1 amide bonds. The molecule has 144 valence electrons. The largest absolute Gasteiger partial charge is 0.479 e. The topological polar surface area (TPSA) is 64.6 Å². The number of anilines is 1. The highest BCUT2D eigenvalue weighted by Gasteiger charge is 2.16. The van der Waals surface area contributed by atoms with Crippen LogP contribution in [0.1, 0.15) is 49.0 Å². The third kappa shape index (κ3) is 6.44. The average molecular weight is 369 g/mol. The number of carbonyl (C=O) groups is 2. The Morgan fingerprint density at radius 1 is 1.04 bits per heavy atom. The minimum atomic E-state index is -0.696. The molecule has 0 aliphatic carbocycles. The zero-order valence-corrected chi connectivity index (χ0v) is 16.2. The molecule has 0 saturated carbocycles. The normalized spacial score (nSPS) is 11.5. The van der Waals surface area contributed by atoms with Crippen LogP contribution in [0.15, 0.2) is 48.5 Å². The van der Waals surface area contributed by atoms with Gasteiger partial charge in [-0.2, -0.15) is 0 Å². The Bertz CT molecular complexity index is 755. The number of hydrogen-bond donors (Lipinski definition) is 1. The van der Waals surface area contributed by atoms with Crippen molar-refractivity contribution in [3.8, 4) is 5.75 Å². The first-order chi connectivity index (χ1) is 13.0. The molecule has 0 fully saturated rings. The van der Waals surface area contributed by atoms with Gasteiger partial charge in [-0.3, -0.25) is 4.79 Å². The van der Waals surface area contributed by atoms with E-state index in [2.05, 4.69) is 12.2 Å². The molecule has 0 aliphatic heterocycles. The second kappa shape index (κ2) is 10.4. The van der Waals surface area contributed by atoms with E-state index in [1.54, 1.807) is 31.2 Å². The van der Waals surface area contributed by atoms with Crippen LogP contribution in [0.4, 0.5) is 5.69 Å². The molecule has 0 aromatic heterocycles. The number of carbonyl (C=O) groups excluding carboxylic acids is 2. The lowest BCUT2D eigenvalue weighted by Crippen LogP contribution is -2.26. The molecule has 27 heavy (non-hydrogen) atoms. The average Bonchev–Trinajstić information content (AvgIpc) is 2.67. The first kappa shape index (κ1) is 20.5. The van der Waals surface area contributed by atoms with Gasteiger partial charge in [0, 0.05) is 11.3 Å². The van der Waals surface area contributed by atoms with Crippen molar-refractivity contribution in [1.29, 1.82) is 0 Å². The zero-order chi connectivity index (χ0) is 19.6. The van der Waals surface area contributed by atoms with Crippen molar-refractivity contribution in [2.45, 2.75) is 46.1 Å². The molecular formula is C22H27NO4. The van der Waals surface area contributed by atoms with Crippen LogP contribution >= 0.6 is 0 Å². The molecule has 1 unspecified atom stereocenters. The van der Waals surface area contributed by atoms with Crippen molar-refractivity contribution < 1.29 is 19.1 Å². The molecule has 2 rings (SSSR count).